The van der Waals surface area contributed by atoms with Gasteiger partial charge in [-0.15, -0.1) is 0 Å². The summed E-state index contributed by atoms with van der Waals surface area (Å²) in [7, 11) is 1.63. The van der Waals surface area contributed by atoms with Crippen LogP contribution in [0.15, 0.2) is 30.3 Å². The molecule has 3 fully saturated rings. The van der Waals surface area contributed by atoms with Gasteiger partial charge in [-0.1, -0.05) is 30.3 Å². The highest BCUT2D eigenvalue weighted by molar-refractivity contribution is 5.17. The maximum Gasteiger partial charge on any atom is 0.186 e. The summed E-state index contributed by atoms with van der Waals surface area (Å²) in [6, 6.07) is 9.92. The Bertz CT molecular complexity index is 450. The van der Waals surface area contributed by atoms with Gasteiger partial charge in [0.2, 0.25) is 0 Å². The van der Waals surface area contributed by atoms with E-state index in [4.69, 9.17) is 23.7 Å². The fraction of sp³-hybridized carbons (Fsp3) is 0.571. The molecule has 0 N–H and O–H groups in total. The van der Waals surface area contributed by atoms with E-state index in [0.717, 1.165) is 5.56 Å². The van der Waals surface area contributed by atoms with Crippen molar-refractivity contribution in [2.45, 2.75) is 37.0 Å². The Morgan fingerprint density at radius 2 is 1.84 bits per heavy atom. The summed E-state index contributed by atoms with van der Waals surface area (Å²) >= 11 is 0. The van der Waals surface area contributed by atoms with E-state index in [9.17, 15) is 0 Å². The fourth-order valence-corrected chi connectivity index (χ4v) is 2.80. The van der Waals surface area contributed by atoms with E-state index < -0.39 is 0 Å². The van der Waals surface area contributed by atoms with Crippen molar-refractivity contribution < 1.29 is 23.7 Å². The van der Waals surface area contributed by atoms with E-state index in [1.807, 2.05) is 30.3 Å². The Balaban J connectivity index is 1.50. The number of ether oxygens (including phenoxy) is 5. The van der Waals surface area contributed by atoms with Crippen molar-refractivity contribution in [3.8, 4) is 0 Å². The maximum atomic E-state index is 6.00. The zero-order valence-corrected chi connectivity index (χ0v) is 10.6. The van der Waals surface area contributed by atoms with Gasteiger partial charge in [-0.25, -0.2) is 0 Å². The van der Waals surface area contributed by atoms with Crippen molar-refractivity contribution in [3.05, 3.63) is 35.9 Å². The molecule has 0 saturated carbocycles. The van der Waals surface area contributed by atoms with Crippen molar-refractivity contribution in [1.82, 2.24) is 0 Å². The minimum Gasteiger partial charge on any atom is -0.361 e. The van der Waals surface area contributed by atoms with Gasteiger partial charge in [-0.05, 0) is 0 Å². The van der Waals surface area contributed by atoms with Crippen LogP contribution in [0.4, 0.5) is 0 Å². The molecule has 0 spiro atoms. The third kappa shape index (κ3) is 1.98. The smallest absolute Gasteiger partial charge is 0.186 e. The second-order valence-corrected chi connectivity index (χ2v) is 5.02. The fourth-order valence-electron chi connectivity index (χ4n) is 2.80. The molecule has 0 aromatic heterocycles. The molecule has 0 bridgehead atoms. The molecule has 3 aliphatic heterocycles. The summed E-state index contributed by atoms with van der Waals surface area (Å²) in [5.74, 6) is 0. The van der Waals surface area contributed by atoms with Crippen LogP contribution in [-0.4, -0.2) is 44.4 Å². The van der Waals surface area contributed by atoms with Crippen LogP contribution in [0.3, 0.4) is 0 Å². The molecular formula is C14H16O5. The minimum absolute atomic E-state index is 0.000716. The van der Waals surface area contributed by atoms with Gasteiger partial charge in [0.1, 0.15) is 24.4 Å². The predicted molar refractivity (Wildman–Crippen MR) is 64.3 cm³/mol. The summed E-state index contributed by atoms with van der Waals surface area (Å²) in [5.41, 5.74) is 1.02. The number of fused-ring (bicyclic) bond motifs is 3. The normalized spacial score (nSPS) is 44.3. The molecule has 6 atom stereocenters. The Kier molecular flexibility index (Phi) is 2.82. The number of rotatable bonds is 2. The molecule has 3 aliphatic rings. The SMILES string of the molecule is CO[C@H]1O[C@@H]2CO[C@H](c3ccccc3)O[C@@H]2[C@H]2O[C@@H]12. The first-order valence-corrected chi connectivity index (χ1v) is 6.52. The summed E-state index contributed by atoms with van der Waals surface area (Å²) in [4.78, 5) is 0. The van der Waals surface area contributed by atoms with Gasteiger partial charge in [0.05, 0.1) is 6.61 Å². The monoisotopic (exact) mass is 264 g/mol. The van der Waals surface area contributed by atoms with E-state index in [2.05, 4.69) is 0 Å². The molecule has 0 amide bonds. The maximum absolute atomic E-state index is 6.00. The Morgan fingerprint density at radius 3 is 2.63 bits per heavy atom. The molecule has 0 aliphatic carbocycles. The number of epoxide rings is 1. The third-order valence-electron chi connectivity index (χ3n) is 3.83. The lowest BCUT2D eigenvalue weighted by Gasteiger charge is -2.39. The van der Waals surface area contributed by atoms with Gasteiger partial charge in [-0.3, -0.25) is 0 Å². The van der Waals surface area contributed by atoms with E-state index in [-0.39, 0.29) is 37.0 Å². The molecule has 19 heavy (non-hydrogen) atoms. The summed E-state index contributed by atoms with van der Waals surface area (Å²) in [6.07, 6.45) is -0.759. The number of benzene rings is 1. The van der Waals surface area contributed by atoms with Crippen LogP contribution in [0, 0.1) is 0 Å². The second kappa shape index (κ2) is 4.54. The molecular weight excluding hydrogens is 248 g/mol. The van der Waals surface area contributed by atoms with E-state index in [1.165, 1.54) is 0 Å². The molecule has 102 valence electrons. The molecule has 5 nitrogen and oxygen atoms in total. The lowest BCUT2D eigenvalue weighted by atomic mass is 10.0. The highest BCUT2D eigenvalue weighted by atomic mass is 16.8. The van der Waals surface area contributed by atoms with Gasteiger partial charge < -0.3 is 23.7 Å². The third-order valence-corrected chi connectivity index (χ3v) is 3.83. The molecule has 1 aromatic carbocycles. The lowest BCUT2D eigenvalue weighted by Crippen LogP contribution is -2.52. The largest absolute Gasteiger partial charge is 0.361 e. The zero-order chi connectivity index (χ0) is 12.8. The Morgan fingerprint density at radius 1 is 1.00 bits per heavy atom. The first kappa shape index (κ1) is 11.8. The average molecular weight is 264 g/mol. The number of methoxy groups -OCH3 is 1. The van der Waals surface area contributed by atoms with Crippen molar-refractivity contribution in [3.63, 3.8) is 0 Å². The number of hydrogen-bond donors (Lipinski definition) is 0. The van der Waals surface area contributed by atoms with Crippen LogP contribution in [0.5, 0.6) is 0 Å². The highest BCUT2D eigenvalue weighted by Gasteiger charge is 2.60. The molecule has 3 heterocycles. The topological polar surface area (TPSA) is 49.5 Å². The van der Waals surface area contributed by atoms with Gasteiger partial charge >= 0.3 is 0 Å². The molecule has 0 radical (unpaired) electrons. The first-order valence-electron chi connectivity index (χ1n) is 6.52. The van der Waals surface area contributed by atoms with Crippen LogP contribution >= 0.6 is 0 Å². The van der Waals surface area contributed by atoms with Crippen molar-refractivity contribution in [2.75, 3.05) is 13.7 Å². The standard InChI is InChI=1S/C14H16O5/c1-15-14-12-11(18-12)10-9(17-14)7-16-13(19-10)8-5-3-2-4-6-8/h2-6,9-14H,7H2,1H3/t9-,10+,11-,12-,13+,14+/m1/s1. The Hall–Kier alpha value is -0.980. The molecule has 5 heteroatoms. The molecule has 4 rings (SSSR count). The van der Waals surface area contributed by atoms with E-state index >= 15 is 0 Å². The van der Waals surface area contributed by atoms with Gasteiger partial charge in [0, 0.05) is 12.7 Å². The number of hydrogen-bond acceptors (Lipinski definition) is 5. The summed E-state index contributed by atoms with van der Waals surface area (Å²) in [6.45, 7) is 0.497. The van der Waals surface area contributed by atoms with Crippen LogP contribution in [-0.2, 0) is 23.7 Å². The Labute approximate surface area is 111 Å². The van der Waals surface area contributed by atoms with E-state index in [0.29, 0.717) is 6.61 Å². The van der Waals surface area contributed by atoms with Gasteiger partial charge in [-0.2, -0.15) is 0 Å². The highest BCUT2D eigenvalue weighted by Crippen LogP contribution is 2.43. The van der Waals surface area contributed by atoms with Gasteiger partial charge in [0.15, 0.2) is 12.6 Å². The van der Waals surface area contributed by atoms with Gasteiger partial charge in [0.25, 0.3) is 0 Å². The molecule has 1 aromatic rings. The van der Waals surface area contributed by atoms with E-state index in [1.54, 1.807) is 7.11 Å². The molecule has 3 saturated heterocycles. The lowest BCUT2D eigenvalue weighted by molar-refractivity contribution is -0.304. The van der Waals surface area contributed by atoms with Crippen LogP contribution in [0.2, 0.25) is 0 Å². The summed E-state index contributed by atoms with van der Waals surface area (Å²) < 4.78 is 28.4. The summed E-state index contributed by atoms with van der Waals surface area (Å²) in [5, 5.41) is 0. The first-order chi connectivity index (χ1) is 9.36. The molecule has 0 unspecified atom stereocenters. The average Bonchev–Trinajstić information content (AvgIpc) is 3.27. The second-order valence-electron chi connectivity index (χ2n) is 5.02. The quantitative estimate of drug-likeness (QED) is 0.752. The predicted octanol–water partition coefficient (Wildman–Crippen LogP) is 1.24. The minimum atomic E-state index is -0.338. The van der Waals surface area contributed by atoms with Crippen LogP contribution in [0.25, 0.3) is 0 Å². The zero-order valence-electron chi connectivity index (χ0n) is 10.6. The van der Waals surface area contributed by atoms with Crippen LogP contribution < -0.4 is 0 Å². The van der Waals surface area contributed by atoms with Crippen molar-refractivity contribution in [1.29, 1.82) is 0 Å². The van der Waals surface area contributed by atoms with Crippen molar-refractivity contribution in [2.24, 2.45) is 0 Å². The van der Waals surface area contributed by atoms with Crippen LogP contribution in [0.1, 0.15) is 11.9 Å². The van der Waals surface area contributed by atoms with Crippen molar-refractivity contribution >= 4 is 0 Å².